The second-order valence-electron chi connectivity index (χ2n) is 7.17. The highest BCUT2D eigenvalue weighted by atomic mass is 35.5. The summed E-state index contributed by atoms with van der Waals surface area (Å²) in [4.78, 5) is 12.4. The van der Waals surface area contributed by atoms with Crippen LogP contribution < -0.4 is 5.32 Å². The van der Waals surface area contributed by atoms with E-state index in [2.05, 4.69) is 32.2 Å². The summed E-state index contributed by atoms with van der Waals surface area (Å²) in [5.74, 6) is 1.65. The molecule has 2 atom stereocenters. The van der Waals surface area contributed by atoms with Gasteiger partial charge in [0.25, 0.3) is 0 Å². The number of amides is 1. The third-order valence-electron chi connectivity index (χ3n) is 5.10. The number of hydrogen-bond acceptors (Lipinski definition) is 4. The second kappa shape index (κ2) is 9.59. The summed E-state index contributed by atoms with van der Waals surface area (Å²) in [6, 6.07) is 11.0. The van der Waals surface area contributed by atoms with E-state index in [0.717, 1.165) is 29.0 Å². The monoisotopic (exact) mass is 514 g/mol. The van der Waals surface area contributed by atoms with Crippen molar-refractivity contribution in [3.05, 3.63) is 67.9 Å². The van der Waals surface area contributed by atoms with E-state index in [1.807, 2.05) is 19.1 Å². The van der Waals surface area contributed by atoms with Gasteiger partial charge in [0.2, 0.25) is 5.91 Å². The Morgan fingerprint density at radius 3 is 2.48 bits per heavy atom. The molecule has 0 saturated heterocycles. The summed E-state index contributed by atoms with van der Waals surface area (Å²) in [5, 5.41) is 13.9. The summed E-state index contributed by atoms with van der Waals surface area (Å²) >= 11 is 25.4. The maximum absolute atomic E-state index is 12.4. The van der Waals surface area contributed by atoms with Crippen LogP contribution in [0.4, 0.5) is 5.69 Å². The van der Waals surface area contributed by atoms with Gasteiger partial charge < -0.3 is 9.88 Å². The average molecular weight is 516 g/mol. The number of nitrogens with zero attached hydrogens (tertiary/aromatic N) is 3. The number of aromatic nitrogens is 3. The lowest BCUT2D eigenvalue weighted by molar-refractivity contribution is -0.113. The number of carbonyl (C=O) groups excluding carboxylic acids is 1. The van der Waals surface area contributed by atoms with E-state index >= 15 is 0 Å². The molecule has 0 radical (unpaired) electrons. The standard InChI is InChI=1S/C21H18Cl4N4OS/c1-2-29-20(14-7-13(14)11-3-5-12(22)6-4-11)27-28-21(29)31-10-19(30)26-18-9-16(24)15(23)8-17(18)25/h3-6,8-9,13-14H,2,7,10H2,1H3,(H,26,30)/t13-,14-/m1/s1. The van der Waals surface area contributed by atoms with Crippen molar-refractivity contribution in [3.63, 3.8) is 0 Å². The molecule has 1 aliphatic carbocycles. The van der Waals surface area contributed by atoms with E-state index in [0.29, 0.717) is 32.6 Å². The smallest absolute Gasteiger partial charge is 0.234 e. The topological polar surface area (TPSA) is 59.8 Å². The Labute approximate surface area is 204 Å². The van der Waals surface area contributed by atoms with Gasteiger partial charge in [-0.25, -0.2) is 0 Å². The molecule has 0 bridgehead atoms. The van der Waals surface area contributed by atoms with Crippen LogP contribution in [0.15, 0.2) is 41.6 Å². The van der Waals surface area contributed by atoms with E-state index in [-0.39, 0.29) is 11.7 Å². The molecule has 10 heteroatoms. The van der Waals surface area contributed by atoms with Crippen LogP contribution in [0.2, 0.25) is 20.1 Å². The molecule has 5 nitrogen and oxygen atoms in total. The first kappa shape index (κ1) is 22.7. The zero-order chi connectivity index (χ0) is 22.1. The molecule has 1 saturated carbocycles. The van der Waals surface area contributed by atoms with E-state index in [1.54, 1.807) is 0 Å². The van der Waals surface area contributed by atoms with Crippen LogP contribution in [0.1, 0.15) is 36.6 Å². The molecule has 31 heavy (non-hydrogen) atoms. The Hall–Kier alpha value is -1.44. The van der Waals surface area contributed by atoms with Crippen molar-refractivity contribution in [2.75, 3.05) is 11.1 Å². The Morgan fingerprint density at radius 2 is 1.77 bits per heavy atom. The average Bonchev–Trinajstić information content (AvgIpc) is 3.42. The molecule has 0 spiro atoms. The first-order valence-corrected chi connectivity index (χ1v) is 12.1. The van der Waals surface area contributed by atoms with Crippen LogP contribution in [0.5, 0.6) is 0 Å². The molecule has 4 rings (SSSR count). The fraction of sp³-hybridized carbons (Fsp3) is 0.286. The Kier molecular flexibility index (Phi) is 7.04. The number of thioether (sulfide) groups is 1. The van der Waals surface area contributed by atoms with E-state index in [9.17, 15) is 4.79 Å². The predicted molar refractivity (Wildman–Crippen MR) is 128 cm³/mol. The van der Waals surface area contributed by atoms with Gasteiger partial charge in [-0.3, -0.25) is 4.79 Å². The van der Waals surface area contributed by atoms with Crippen molar-refractivity contribution in [3.8, 4) is 0 Å². The third-order valence-corrected chi connectivity index (χ3v) is 7.35. The molecule has 162 valence electrons. The van der Waals surface area contributed by atoms with Crippen LogP contribution >= 0.6 is 58.2 Å². The molecule has 3 aromatic rings. The largest absolute Gasteiger partial charge is 0.324 e. The lowest BCUT2D eigenvalue weighted by Gasteiger charge is -2.09. The van der Waals surface area contributed by atoms with Gasteiger partial charge in [0, 0.05) is 17.5 Å². The molecule has 1 amide bonds. The van der Waals surface area contributed by atoms with E-state index in [1.165, 1.54) is 29.5 Å². The highest BCUT2D eigenvalue weighted by molar-refractivity contribution is 7.99. The minimum absolute atomic E-state index is 0.167. The number of hydrogen-bond donors (Lipinski definition) is 1. The Balaban J connectivity index is 1.40. The molecule has 1 N–H and O–H groups in total. The van der Waals surface area contributed by atoms with Crippen molar-refractivity contribution in [1.82, 2.24) is 14.8 Å². The minimum Gasteiger partial charge on any atom is -0.324 e. The summed E-state index contributed by atoms with van der Waals surface area (Å²) in [5.41, 5.74) is 1.68. The lowest BCUT2D eigenvalue weighted by atomic mass is 10.1. The first-order chi connectivity index (χ1) is 14.9. The SMILES string of the molecule is CCn1c(SCC(=O)Nc2cc(Cl)c(Cl)cc2Cl)nnc1[C@@H]1C[C@@H]1c1ccc(Cl)cc1. The Morgan fingerprint density at radius 1 is 1.06 bits per heavy atom. The summed E-state index contributed by atoms with van der Waals surface area (Å²) in [7, 11) is 0. The fourth-order valence-corrected chi connectivity index (χ4v) is 5.00. The van der Waals surface area contributed by atoms with Gasteiger partial charge in [0.1, 0.15) is 5.82 Å². The molecule has 1 heterocycles. The van der Waals surface area contributed by atoms with Gasteiger partial charge in [-0.15, -0.1) is 10.2 Å². The van der Waals surface area contributed by atoms with Gasteiger partial charge in [-0.1, -0.05) is 70.3 Å². The van der Waals surface area contributed by atoms with Crippen molar-refractivity contribution >= 4 is 69.8 Å². The van der Waals surface area contributed by atoms with Crippen LogP contribution in [0.3, 0.4) is 0 Å². The molecule has 2 aromatic carbocycles. The van der Waals surface area contributed by atoms with Gasteiger partial charge in [0.05, 0.1) is 26.5 Å². The molecular weight excluding hydrogens is 498 g/mol. The quantitative estimate of drug-likeness (QED) is 0.274. The normalized spacial score (nSPS) is 17.6. The first-order valence-electron chi connectivity index (χ1n) is 9.63. The molecule has 1 fully saturated rings. The fourth-order valence-electron chi connectivity index (χ4n) is 3.47. The van der Waals surface area contributed by atoms with Gasteiger partial charge in [0.15, 0.2) is 5.16 Å². The van der Waals surface area contributed by atoms with E-state index < -0.39 is 0 Å². The van der Waals surface area contributed by atoms with Crippen LogP contribution in [-0.2, 0) is 11.3 Å². The van der Waals surface area contributed by atoms with Crippen molar-refractivity contribution in [2.24, 2.45) is 0 Å². The minimum atomic E-state index is -0.219. The lowest BCUT2D eigenvalue weighted by Crippen LogP contribution is -2.15. The van der Waals surface area contributed by atoms with Gasteiger partial charge in [-0.05, 0) is 49.1 Å². The summed E-state index contributed by atoms with van der Waals surface area (Å²) in [6.45, 7) is 2.78. The number of benzene rings is 2. The van der Waals surface area contributed by atoms with Crippen molar-refractivity contribution < 1.29 is 4.79 Å². The number of anilines is 1. The number of rotatable bonds is 7. The van der Waals surface area contributed by atoms with E-state index in [4.69, 9.17) is 46.4 Å². The van der Waals surface area contributed by atoms with Crippen molar-refractivity contribution in [1.29, 1.82) is 0 Å². The highest BCUT2D eigenvalue weighted by Gasteiger charge is 2.43. The van der Waals surface area contributed by atoms with Crippen molar-refractivity contribution in [2.45, 2.75) is 36.9 Å². The number of nitrogens with one attached hydrogen (secondary N) is 1. The van der Waals surface area contributed by atoms with Gasteiger partial charge >= 0.3 is 0 Å². The maximum Gasteiger partial charge on any atom is 0.234 e. The maximum atomic E-state index is 12.4. The molecule has 0 unspecified atom stereocenters. The second-order valence-corrected chi connectivity index (χ2v) is 9.77. The van der Waals surface area contributed by atoms with Crippen LogP contribution in [-0.4, -0.2) is 26.4 Å². The number of halogens is 4. The highest BCUT2D eigenvalue weighted by Crippen LogP contribution is 2.54. The molecular formula is C21H18Cl4N4OS. The zero-order valence-corrected chi connectivity index (χ0v) is 20.3. The predicted octanol–water partition coefficient (Wildman–Crippen LogP) is 6.91. The molecule has 0 aliphatic heterocycles. The molecule has 1 aromatic heterocycles. The zero-order valence-electron chi connectivity index (χ0n) is 16.4. The summed E-state index contributed by atoms with van der Waals surface area (Å²) < 4.78 is 2.07. The van der Waals surface area contributed by atoms with Crippen LogP contribution in [0, 0.1) is 0 Å². The Bertz CT molecular complexity index is 1120. The molecule has 1 aliphatic rings. The van der Waals surface area contributed by atoms with Gasteiger partial charge in [-0.2, -0.15) is 0 Å². The summed E-state index contributed by atoms with van der Waals surface area (Å²) in [6.07, 6.45) is 1.03. The number of carbonyl (C=O) groups is 1. The van der Waals surface area contributed by atoms with Crippen LogP contribution in [0.25, 0.3) is 0 Å². The third kappa shape index (κ3) is 5.15.